The second-order valence-electron chi connectivity index (χ2n) is 11.3. The van der Waals surface area contributed by atoms with Gasteiger partial charge in [0, 0.05) is 14.1 Å². The number of rotatable bonds is 9. The number of sulfone groups is 1. The standard InChI is InChI=1S/C25H36F3N3O3S/c1-15-19(21(25(26,27)28)30-23(31(2)3)20(15)22(29)32)13-24(12-16-4-5-16)10-8-18(9-11-24)35(33,34)14-17-6-7-17/h16-18H,4-14H2,1-3H3,(H2,29,32). The van der Waals surface area contributed by atoms with E-state index in [1.165, 1.54) is 25.9 Å². The quantitative estimate of drug-likeness (QED) is 0.516. The van der Waals surface area contributed by atoms with Gasteiger partial charge in [-0.05, 0) is 86.7 Å². The Balaban J connectivity index is 1.70. The lowest BCUT2D eigenvalue weighted by Crippen LogP contribution is -2.37. The van der Waals surface area contributed by atoms with Crippen molar-refractivity contribution in [3.8, 4) is 0 Å². The number of hydrogen-bond donors (Lipinski definition) is 1. The molecule has 4 rings (SSSR count). The van der Waals surface area contributed by atoms with E-state index in [2.05, 4.69) is 4.98 Å². The average Bonchev–Trinajstić information content (AvgIpc) is 3.66. The molecule has 10 heteroatoms. The first-order valence-corrected chi connectivity index (χ1v) is 14.2. The highest BCUT2D eigenvalue weighted by atomic mass is 32.2. The fourth-order valence-electron chi connectivity index (χ4n) is 5.87. The summed E-state index contributed by atoms with van der Waals surface area (Å²) in [5.41, 5.74) is 4.45. The number of anilines is 1. The van der Waals surface area contributed by atoms with Crippen LogP contribution in [0.4, 0.5) is 19.0 Å². The molecule has 0 atom stereocenters. The first-order chi connectivity index (χ1) is 16.2. The Hall–Kier alpha value is -1.84. The minimum Gasteiger partial charge on any atom is -0.365 e. The summed E-state index contributed by atoms with van der Waals surface area (Å²) in [6.07, 6.45) is 2.35. The molecule has 196 valence electrons. The van der Waals surface area contributed by atoms with Gasteiger partial charge in [-0.2, -0.15) is 13.2 Å². The van der Waals surface area contributed by atoms with Crippen LogP contribution in [-0.4, -0.2) is 44.4 Å². The number of carbonyl (C=O) groups is 1. The normalized spacial score (nSPS) is 25.5. The van der Waals surface area contributed by atoms with Crippen molar-refractivity contribution in [2.75, 3.05) is 24.7 Å². The number of amides is 1. The molecule has 1 heterocycles. The molecule has 1 aromatic rings. The molecule has 3 aliphatic carbocycles. The second-order valence-corrected chi connectivity index (χ2v) is 13.6. The van der Waals surface area contributed by atoms with Crippen LogP contribution in [0.1, 0.15) is 85.0 Å². The molecule has 0 unspecified atom stereocenters. The van der Waals surface area contributed by atoms with Crippen molar-refractivity contribution in [1.29, 1.82) is 0 Å². The molecular formula is C25H36F3N3O3S. The maximum absolute atomic E-state index is 14.2. The fourth-order valence-corrected chi connectivity index (χ4v) is 8.09. The zero-order chi connectivity index (χ0) is 25.8. The molecule has 2 N–H and O–H groups in total. The van der Waals surface area contributed by atoms with Gasteiger partial charge in [-0.25, -0.2) is 13.4 Å². The Morgan fingerprint density at radius 3 is 2.11 bits per heavy atom. The van der Waals surface area contributed by atoms with Crippen LogP contribution in [0.25, 0.3) is 0 Å². The molecular weight excluding hydrogens is 479 g/mol. The van der Waals surface area contributed by atoms with Gasteiger partial charge >= 0.3 is 6.18 Å². The van der Waals surface area contributed by atoms with E-state index in [0.717, 1.165) is 32.1 Å². The maximum Gasteiger partial charge on any atom is 0.433 e. The third kappa shape index (κ3) is 5.78. The SMILES string of the molecule is Cc1c(CC2(CC3CC3)CCC(S(=O)(=O)CC3CC3)CC2)c(C(F)(F)F)nc(N(C)C)c1C(N)=O. The van der Waals surface area contributed by atoms with Crippen LogP contribution in [0.5, 0.6) is 0 Å². The molecule has 1 aromatic heterocycles. The van der Waals surface area contributed by atoms with Crippen LogP contribution in [-0.2, 0) is 22.4 Å². The van der Waals surface area contributed by atoms with E-state index in [9.17, 15) is 26.4 Å². The molecule has 3 fully saturated rings. The average molecular weight is 516 g/mol. The van der Waals surface area contributed by atoms with E-state index in [4.69, 9.17) is 5.73 Å². The Kier molecular flexibility index (Phi) is 6.92. The number of hydrogen-bond acceptors (Lipinski definition) is 5. The molecule has 0 spiro atoms. The van der Waals surface area contributed by atoms with Crippen molar-refractivity contribution in [2.45, 2.75) is 82.6 Å². The summed E-state index contributed by atoms with van der Waals surface area (Å²) in [6.45, 7) is 1.52. The number of alkyl halides is 3. The van der Waals surface area contributed by atoms with Crippen LogP contribution in [0, 0.1) is 24.2 Å². The molecule has 0 aromatic carbocycles. The minimum atomic E-state index is -4.69. The van der Waals surface area contributed by atoms with Gasteiger partial charge in [-0.15, -0.1) is 0 Å². The summed E-state index contributed by atoms with van der Waals surface area (Å²) in [4.78, 5) is 17.6. The predicted octanol–water partition coefficient (Wildman–Crippen LogP) is 4.67. The van der Waals surface area contributed by atoms with Gasteiger partial charge in [0.15, 0.2) is 9.84 Å². The minimum absolute atomic E-state index is 0.0141. The second kappa shape index (κ2) is 9.23. The number of nitrogens with two attached hydrogens (primary N) is 1. The van der Waals surface area contributed by atoms with Gasteiger partial charge < -0.3 is 10.6 Å². The van der Waals surface area contributed by atoms with Crippen molar-refractivity contribution in [1.82, 2.24) is 4.98 Å². The largest absolute Gasteiger partial charge is 0.433 e. The van der Waals surface area contributed by atoms with Gasteiger partial charge in [-0.1, -0.05) is 12.8 Å². The third-order valence-electron chi connectivity index (χ3n) is 8.13. The van der Waals surface area contributed by atoms with Crippen molar-refractivity contribution in [2.24, 2.45) is 23.0 Å². The summed E-state index contributed by atoms with van der Waals surface area (Å²) in [5.74, 6) is 0.0946. The molecule has 3 aliphatic rings. The number of aromatic nitrogens is 1. The van der Waals surface area contributed by atoms with E-state index in [1.54, 1.807) is 0 Å². The van der Waals surface area contributed by atoms with Gasteiger partial charge in [0.2, 0.25) is 0 Å². The summed E-state index contributed by atoms with van der Waals surface area (Å²) in [6, 6.07) is 0. The first kappa shape index (κ1) is 26.2. The first-order valence-electron chi connectivity index (χ1n) is 12.5. The van der Waals surface area contributed by atoms with E-state index in [-0.39, 0.29) is 40.6 Å². The Labute approximate surface area is 205 Å². The van der Waals surface area contributed by atoms with E-state index in [1.807, 2.05) is 0 Å². The smallest absolute Gasteiger partial charge is 0.365 e. The highest BCUT2D eigenvalue weighted by Crippen LogP contribution is 2.52. The fraction of sp³-hybridized carbons (Fsp3) is 0.760. The van der Waals surface area contributed by atoms with Crippen molar-refractivity contribution in [3.05, 3.63) is 22.4 Å². The summed E-state index contributed by atoms with van der Waals surface area (Å²) in [5, 5.41) is -0.408. The zero-order valence-corrected chi connectivity index (χ0v) is 21.6. The van der Waals surface area contributed by atoms with E-state index < -0.39 is 38.3 Å². The van der Waals surface area contributed by atoms with Crippen LogP contribution >= 0.6 is 0 Å². The highest BCUT2D eigenvalue weighted by molar-refractivity contribution is 7.92. The molecule has 35 heavy (non-hydrogen) atoms. The summed E-state index contributed by atoms with van der Waals surface area (Å²) in [7, 11) is -0.120. The van der Waals surface area contributed by atoms with Crippen LogP contribution in [0.2, 0.25) is 0 Å². The number of pyridine rings is 1. The molecule has 0 aliphatic heterocycles. The monoisotopic (exact) mass is 515 g/mol. The molecule has 0 radical (unpaired) electrons. The highest BCUT2D eigenvalue weighted by Gasteiger charge is 2.46. The van der Waals surface area contributed by atoms with Gasteiger partial charge in [0.25, 0.3) is 5.91 Å². The zero-order valence-electron chi connectivity index (χ0n) is 20.7. The molecule has 6 nitrogen and oxygen atoms in total. The number of primary amides is 1. The lowest BCUT2D eigenvalue weighted by atomic mass is 9.66. The summed E-state index contributed by atoms with van der Waals surface area (Å²) < 4.78 is 68.5. The Morgan fingerprint density at radius 2 is 1.66 bits per heavy atom. The van der Waals surface area contributed by atoms with Gasteiger partial charge in [0.1, 0.15) is 11.5 Å². The Bertz CT molecular complexity index is 1090. The number of halogens is 3. The van der Waals surface area contributed by atoms with Crippen molar-refractivity contribution >= 4 is 21.6 Å². The maximum atomic E-state index is 14.2. The van der Waals surface area contributed by atoms with E-state index >= 15 is 0 Å². The number of carbonyl (C=O) groups excluding carboxylic acids is 1. The molecule has 0 bridgehead atoms. The number of nitrogens with zero attached hydrogens (tertiary/aromatic N) is 2. The lowest BCUT2D eigenvalue weighted by Gasteiger charge is -2.41. The van der Waals surface area contributed by atoms with Crippen molar-refractivity contribution in [3.63, 3.8) is 0 Å². The third-order valence-corrected chi connectivity index (χ3v) is 10.6. The summed E-state index contributed by atoms with van der Waals surface area (Å²) >= 11 is 0. The molecule has 0 saturated heterocycles. The lowest BCUT2D eigenvalue weighted by molar-refractivity contribution is -0.142. The topological polar surface area (TPSA) is 93.4 Å². The van der Waals surface area contributed by atoms with Crippen LogP contribution in [0.3, 0.4) is 0 Å². The van der Waals surface area contributed by atoms with Crippen LogP contribution in [0.15, 0.2) is 0 Å². The van der Waals surface area contributed by atoms with Crippen LogP contribution < -0.4 is 10.6 Å². The van der Waals surface area contributed by atoms with Gasteiger partial charge in [0.05, 0.1) is 16.6 Å². The predicted molar refractivity (Wildman–Crippen MR) is 129 cm³/mol. The molecule has 1 amide bonds. The Morgan fingerprint density at radius 1 is 1.09 bits per heavy atom. The van der Waals surface area contributed by atoms with Gasteiger partial charge in [-0.3, -0.25) is 4.79 Å². The van der Waals surface area contributed by atoms with E-state index in [0.29, 0.717) is 31.6 Å². The van der Waals surface area contributed by atoms with Crippen molar-refractivity contribution < 1.29 is 26.4 Å². The molecule has 3 saturated carbocycles.